The molecule has 1 saturated heterocycles. The van der Waals surface area contributed by atoms with Gasteiger partial charge in [-0.3, -0.25) is 4.79 Å². The lowest BCUT2D eigenvalue weighted by Crippen LogP contribution is -2.19. The van der Waals surface area contributed by atoms with Gasteiger partial charge >= 0.3 is 5.97 Å². The third kappa shape index (κ3) is 4.23. The first kappa shape index (κ1) is 18.4. The van der Waals surface area contributed by atoms with E-state index < -0.39 is 9.84 Å². The highest BCUT2D eigenvalue weighted by Crippen LogP contribution is 2.38. The highest BCUT2D eigenvalue weighted by atomic mass is 32.2. The molecule has 1 aromatic rings. The van der Waals surface area contributed by atoms with Gasteiger partial charge in [0, 0.05) is 11.3 Å². The Hall–Kier alpha value is -1.41. The van der Waals surface area contributed by atoms with Crippen LogP contribution in [0.4, 0.5) is 5.00 Å². The van der Waals surface area contributed by atoms with E-state index in [2.05, 4.69) is 5.32 Å². The second kappa shape index (κ2) is 7.45. The van der Waals surface area contributed by atoms with Gasteiger partial charge in [0.25, 0.3) is 0 Å². The van der Waals surface area contributed by atoms with Crippen molar-refractivity contribution in [1.82, 2.24) is 0 Å². The number of aryl methyl sites for hydroxylation is 1. The van der Waals surface area contributed by atoms with Gasteiger partial charge in [-0.15, -0.1) is 11.3 Å². The van der Waals surface area contributed by atoms with Gasteiger partial charge in [-0.05, 0) is 50.5 Å². The van der Waals surface area contributed by atoms with Crippen molar-refractivity contribution in [3.63, 3.8) is 0 Å². The van der Waals surface area contributed by atoms with Crippen LogP contribution in [-0.2, 0) is 32.2 Å². The summed E-state index contributed by atoms with van der Waals surface area (Å²) < 4.78 is 28.2. The van der Waals surface area contributed by atoms with Crippen molar-refractivity contribution in [2.75, 3.05) is 23.4 Å². The number of ether oxygens (including phenoxy) is 1. The molecule has 0 radical (unpaired) electrons. The second-order valence-corrected chi connectivity index (χ2v) is 9.99. The molecule has 0 bridgehead atoms. The maximum absolute atomic E-state index is 12.4. The maximum atomic E-state index is 12.4. The molecule has 8 heteroatoms. The predicted octanol–water partition coefficient (Wildman–Crippen LogP) is 2.57. The number of amides is 1. The number of fused-ring (bicyclic) bond motifs is 1. The molecule has 1 aliphatic carbocycles. The fraction of sp³-hybridized carbons (Fsp3) is 0.647. The van der Waals surface area contributed by atoms with E-state index in [9.17, 15) is 18.0 Å². The van der Waals surface area contributed by atoms with Gasteiger partial charge in [-0.25, -0.2) is 13.2 Å². The highest BCUT2D eigenvalue weighted by molar-refractivity contribution is 7.91. The van der Waals surface area contributed by atoms with Crippen molar-refractivity contribution < 1.29 is 22.7 Å². The van der Waals surface area contributed by atoms with Crippen LogP contribution >= 0.6 is 11.3 Å². The minimum absolute atomic E-state index is 0.0755. The lowest BCUT2D eigenvalue weighted by atomic mass is 9.95. The number of anilines is 1. The molecule has 25 heavy (non-hydrogen) atoms. The summed E-state index contributed by atoms with van der Waals surface area (Å²) in [5, 5.41) is 3.40. The number of thiophene rings is 1. The van der Waals surface area contributed by atoms with Crippen LogP contribution in [0.1, 0.15) is 53.4 Å². The SMILES string of the molecule is CCOC(=O)c1c(NC(=O)C[C@@H]2CCS(=O)(=O)C2)sc2c1CCCC2. The summed E-state index contributed by atoms with van der Waals surface area (Å²) in [6.07, 6.45) is 4.57. The largest absolute Gasteiger partial charge is 0.462 e. The summed E-state index contributed by atoms with van der Waals surface area (Å²) in [7, 11) is -3.00. The number of nitrogens with one attached hydrogen (secondary N) is 1. The molecule has 0 unspecified atom stereocenters. The molecule has 0 saturated carbocycles. The molecule has 1 fully saturated rings. The first-order chi connectivity index (χ1) is 11.9. The summed E-state index contributed by atoms with van der Waals surface area (Å²) >= 11 is 1.45. The summed E-state index contributed by atoms with van der Waals surface area (Å²) in [5.41, 5.74) is 1.50. The van der Waals surface area contributed by atoms with Crippen LogP contribution in [0.5, 0.6) is 0 Å². The van der Waals surface area contributed by atoms with Crippen molar-refractivity contribution in [3.8, 4) is 0 Å². The van der Waals surface area contributed by atoms with Crippen LogP contribution in [0.25, 0.3) is 0 Å². The quantitative estimate of drug-likeness (QED) is 0.787. The average molecular weight is 386 g/mol. The van der Waals surface area contributed by atoms with Gasteiger partial charge in [0.2, 0.25) is 5.91 Å². The van der Waals surface area contributed by atoms with E-state index in [0.29, 0.717) is 17.0 Å². The Morgan fingerprint density at radius 2 is 2.04 bits per heavy atom. The zero-order chi connectivity index (χ0) is 18.0. The second-order valence-electron chi connectivity index (χ2n) is 6.66. The summed E-state index contributed by atoms with van der Waals surface area (Å²) in [4.78, 5) is 25.9. The first-order valence-corrected chi connectivity index (χ1v) is 11.4. The van der Waals surface area contributed by atoms with Gasteiger partial charge in [-0.2, -0.15) is 0 Å². The van der Waals surface area contributed by atoms with Crippen molar-refractivity contribution in [2.24, 2.45) is 5.92 Å². The van der Waals surface area contributed by atoms with Crippen LogP contribution in [0, 0.1) is 5.92 Å². The molecule has 1 atom stereocenters. The third-order valence-corrected chi connectivity index (χ3v) is 7.75. The molecule has 1 amide bonds. The molecule has 1 aromatic heterocycles. The number of sulfone groups is 1. The first-order valence-electron chi connectivity index (χ1n) is 8.71. The van der Waals surface area contributed by atoms with Crippen LogP contribution in [0.3, 0.4) is 0 Å². The van der Waals surface area contributed by atoms with Crippen LogP contribution in [0.2, 0.25) is 0 Å². The van der Waals surface area contributed by atoms with Gasteiger partial charge in [-0.1, -0.05) is 0 Å². The molecule has 138 valence electrons. The molecule has 1 N–H and O–H groups in total. The molecule has 2 aliphatic rings. The minimum atomic E-state index is -3.00. The number of hydrogen-bond acceptors (Lipinski definition) is 6. The number of carbonyl (C=O) groups excluding carboxylic acids is 2. The van der Waals surface area contributed by atoms with Gasteiger partial charge < -0.3 is 10.1 Å². The standard InChI is InChI=1S/C17H23NO5S2/c1-2-23-17(20)15-12-5-3-4-6-13(12)24-16(15)18-14(19)9-11-7-8-25(21,22)10-11/h11H,2-10H2,1H3,(H,18,19)/t11-/m0/s1. The van der Waals surface area contributed by atoms with Crippen molar-refractivity contribution in [1.29, 1.82) is 0 Å². The number of hydrogen-bond donors (Lipinski definition) is 1. The Morgan fingerprint density at radius 1 is 1.28 bits per heavy atom. The lowest BCUT2D eigenvalue weighted by Gasteiger charge is -2.12. The fourth-order valence-corrected chi connectivity index (χ4v) is 6.70. The molecule has 0 aromatic carbocycles. The zero-order valence-electron chi connectivity index (χ0n) is 14.3. The molecular formula is C17H23NO5S2. The molecular weight excluding hydrogens is 362 g/mol. The Bertz CT molecular complexity index is 781. The van der Waals surface area contributed by atoms with E-state index in [1.807, 2.05) is 0 Å². The van der Waals surface area contributed by atoms with E-state index in [0.717, 1.165) is 36.1 Å². The number of rotatable bonds is 5. The molecule has 1 aliphatic heterocycles. The molecule has 2 heterocycles. The van der Waals surface area contributed by atoms with Gasteiger partial charge in [0.05, 0.1) is 23.7 Å². The Balaban J connectivity index is 1.76. The van der Waals surface area contributed by atoms with Crippen LogP contribution in [-0.4, -0.2) is 38.4 Å². The minimum Gasteiger partial charge on any atom is -0.462 e. The molecule has 3 rings (SSSR count). The van der Waals surface area contributed by atoms with Gasteiger partial charge in [0.15, 0.2) is 9.84 Å². The number of carbonyl (C=O) groups is 2. The van der Waals surface area contributed by atoms with E-state index in [4.69, 9.17) is 4.74 Å². The smallest absolute Gasteiger partial charge is 0.341 e. The summed E-state index contributed by atoms with van der Waals surface area (Å²) in [6.45, 7) is 2.05. The Kier molecular flexibility index (Phi) is 5.48. The monoisotopic (exact) mass is 385 g/mol. The van der Waals surface area contributed by atoms with E-state index >= 15 is 0 Å². The third-order valence-electron chi connectivity index (χ3n) is 4.70. The number of esters is 1. The normalized spacial score (nSPS) is 21.6. The van der Waals surface area contributed by atoms with Crippen molar-refractivity contribution >= 4 is 38.1 Å². The Morgan fingerprint density at radius 3 is 2.72 bits per heavy atom. The van der Waals surface area contributed by atoms with Crippen LogP contribution in [0.15, 0.2) is 0 Å². The lowest BCUT2D eigenvalue weighted by molar-refractivity contribution is -0.116. The van der Waals surface area contributed by atoms with Gasteiger partial charge in [0.1, 0.15) is 5.00 Å². The topological polar surface area (TPSA) is 89.5 Å². The summed E-state index contributed by atoms with van der Waals surface area (Å²) in [5.74, 6) is -0.518. The molecule has 6 nitrogen and oxygen atoms in total. The van der Waals surface area contributed by atoms with E-state index in [1.54, 1.807) is 6.92 Å². The molecule has 0 spiro atoms. The zero-order valence-corrected chi connectivity index (χ0v) is 15.9. The van der Waals surface area contributed by atoms with Crippen molar-refractivity contribution in [3.05, 3.63) is 16.0 Å². The predicted molar refractivity (Wildman–Crippen MR) is 96.9 cm³/mol. The van der Waals surface area contributed by atoms with E-state index in [1.165, 1.54) is 11.3 Å². The van der Waals surface area contributed by atoms with E-state index in [-0.39, 0.29) is 42.3 Å². The summed E-state index contributed by atoms with van der Waals surface area (Å²) in [6, 6.07) is 0. The van der Waals surface area contributed by atoms with Crippen LogP contribution < -0.4 is 5.32 Å². The fourth-order valence-electron chi connectivity index (χ4n) is 3.55. The Labute approximate surface area is 151 Å². The van der Waals surface area contributed by atoms with Crippen molar-refractivity contribution in [2.45, 2.75) is 45.4 Å². The maximum Gasteiger partial charge on any atom is 0.341 e. The highest BCUT2D eigenvalue weighted by Gasteiger charge is 2.31. The average Bonchev–Trinajstić information content (AvgIpc) is 3.06.